The number of H-pyrrole nitrogens is 1. The highest BCUT2D eigenvalue weighted by Gasteiger charge is 2.15. The van der Waals surface area contributed by atoms with Gasteiger partial charge >= 0.3 is 5.69 Å². The summed E-state index contributed by atoms with van der Waals surface area (Å²) in [5.74, 6) is 0.441. The highest BCUT2D eigenvalue weighted by atomic mass is 35.5. The van der Waals surface area contributed by atoms with Crippen LogP contribution >= 0.6 is 11.6 Å². The SMILES string of the molecule is CC(C)CCn1c(=O)[nH]c(Cl)c(C(C)C)c1=O. The standard InChI is InChI=1S/C12H19ClN2O2/c1-7(2)5-6-15-11(16)9(8(3)4)10(13)14-12(15)17/h7-8H,5-6H2,1-4H3,(H,14,17). The van der Waals surface area contributed by atoms with Crippen LogP contribution in [0.3, 0.4) is 0 Å². The summed E-state index contributed by atoms with van der Waals surface area (Å²) in [5.41, 5.74) is -0.213. The molecule has 0 aromatic carbocycles. The first-order valence-electron chi connectivity index (χ1n) is 5.87. The van der Waals surface area contributed by atoms with E-state index < -0.39 is 5.69 Å². The van der Waals surface area contributed by atoms with Crippen molar-refractivity contribution in [2.75, 3.05) is 0 Å². The van der Waals surface area contributed by atoms with Crippen LogP contribution in [0.25, 0.3) is 0 Å². The molecule has 1 aromatic heterocycles. The molecule has 0 radical (unpaired) electrons. The van der Waals surface area contributed by atoms with Crippen LogP contribution in [-0.2, 0) is 6.54 Å². The Balaban J connectivity index is 3.27. The zero-order valence-electron chi connectivity index (χ0n) is 10.7. The monoisotopic (exact) mass is 258 g/mol. The van der Waals surface area contributed by atoms with Crippen molar-refractivity contribution in [1.82, 2.24) is 9.55 Å². The molecule has 0 aliphatic rings. The van der Waals surface area contributed by atoms with Crippen molar-refractivity contribution in [3.63, 3.8) is 0 Å². The highest BCUT2D eigenvalue weighted by Crippen LogP contribution is 2.16. The van der Waals surface area contributed by atoms with Gasteiger partial charge in [0.25, 0.3) is 5.56 Å². The third-order valence-electron chi connectivity index (χ3n) is 2.68. The van der Waals surface area contributed by atoms with E-state index in [1.54, 1.807) is 0 Å². The average molecular weight is 259 g/mol. The Hall–Kier alpha value is -1.03. The molecule has 0 amide bonds. The van der Waals surface area contributed by atoms with Crippen LogP contribution < -0.4 is 11.2 Å². The second-order valence-corrected chi connectivity index (χ2v) is 5.33. The van der Waals surface area contributed by atoms with Crippen molar-refractivity contribution in [3.05, 3.63) is 31.6 Å². The largest absolute Gasteiger partial charge is 0.329 e. The number of halogens is 1. The highest BCUT2D eigenvalue weighted by molar-refractivity contribution is 6.30. The first-order valence-corrected chi connectivity index (χ1v) is 6.24. The van der Waals surface area contributed by atoms with Gasteiger partial charge in [-0.25, -0.2) is 4.79 Å². The number of rotatable bonds is 4. The maximum atomic E-state index is 12.1. The molecule has 0 spiro atoms. The molecule has 1 heterocycles. The molecule has 96 valence electrons. The Morgan fingerprint density at radius 2 is 1.82 bits per heavy atom. The Kier molecular flexibility index (Phi) is 4.57. The summed E-state index contributed by atoms with van der Waals surface area (Å²) in [4.78, 5) is 26.3. The van der Waals surface area contributed by atoms with Gasteiger partial charge in [0.05, 0.1) is 5.56 Å². The fraction of sp³-hybridized carbons (Fsp3) is 0.667. The summed E-state index contributed by atoms with van der Waals surface area (Å²) >= 11 is 5.90. The molecule has 0 atom stereocenters. The normalized spacial score (nSPS) is 11.5. The number of nitrogens with one attached hydrogen (secondary N) is 1. The van der Waals surface area contributed by atoms with E-state index in [1.807, 2.05) is 13.8 Å². The lowest BCUT2D eigenvalue weighted by Gasteiger charge is -2.12. The topological polar surface area (TPSA) is 54.9 Å². The van der Waals surface area contributed by atoms with Gasteiger partial charge in [-0.1, -0.05) is 39.3 Å². The smallest absolute Gasteiger partial charge is 0.297 e. The fourth-order valence-corrected chi connectivity index (χ4v) is 2.03. The first-order chi connectivity index (χ1) is 7.84. The number of hydrogen-bond donors (Lipinski definition) is 1. The Morgan fingerprint density at radius 1 is 1.24 bits per heavy atom. The van der Waals surface area contributed by atoms with E-state index in [0.29, 0.717) is 18.0 Å². The van der Waals surface area contributed by atoms with Crippen LogP contribution in [0.5, 0.6) is 0 Å². The molecule has 1 N–H and O–H groups in total. The van der Waals surface area contributed by atoms with E-state index in [9.17, 15) is 9.59 Å². The zero-order valence-corrected chi connectivity index (χ0v) is 11.5. The summed E-state index contributed by atoms with van der Waals surface area (Å²) in [6, 6.07) is 0. The maximum absolute atomic E-state index is 12.1. The lowest BCUT2D eigenvalue weighted by atomic mass is 10.1. The van der Waals surface area contributed by atoms with Crippen LogP contribution in [0.2, 0.25) is 5.15 Å². The van der Waals surface area contributed by atoms with Crippen LogP contribution in [0, 0.1) is 5.92 Å². The fourth-order valence-electron chi connectivity index (χ4n) is 1.65. The molecule has 0 aliphatic heterocycles. The second-order valence-electron chi connectivity index (χ2n) is 4.95. The van der Waals surface area contributed by atoms with Gasteiger partial charge in [0.1, 0.15) is 5.15 Å². The molecule has 1 rings (SSSR count). The van der Waals surface area contributed by atoms with E-state index in [1.165, 1.54) is 4.57 Å². The van der Waals surface area contributed by atoms with Crippen molar-refractivity contribution in [3.8, 4) is 0 Å². The van der Waals surface area contributed by atoms with Gasteiger partial charge in [-0.2, -0.15) is 0 Å². The molecular weight excluding hydrogens is 240 g/mol. The van der Waals surface area contributed by atoms with Crippen LogP contribution in [0.1, 0.15) is 45.6 Å². The minimum absolute atomic E-state index is 0.00264. The Bertz CT molecular complexity index is 500. The van der Waals surface area contributed by atoms with Crippen LogP contribution in [0.15, 0.2) is 9.59 Å². The molecule has 5 heteroatoms. The Labute approximate surface area is 106 Å². The summed E-state index contributed by atoms with van der Waals surface area (Å²) in [6.45, 7) is 8.31. The molecule has 0 unspecified atom stereocenters. The summed E-state index contributed by atoms with van der Waals surface area (Å²) < 4.78 is 1.24. The van der Waals surface area contributed by atoms with Gasteiger partial charge in [0, 0.05) is 6.54 Å². The number of aromatic nitrogens is 2. The quantitative estimate of drug-likeness (QED) is 0.843. The maximum Gasteiger partial charge on any atom is 0.329 e. The van der Waals surface area contributed by atoms with Gasteiger partial charge in [0.15, 0.2) is 0 Å². The van der Waals surface area contributed by atoms with Crippen molar-refractivity contribution < 1.29 is 0 Å². The summed E-state index contributed by atoms with van der Waals surface area (Å²) in [6.07, 6.45) is 0.794. The van der Waals surface area contributed by atoms with Crippen molar-refractivity contribution in [2.24, 2.45) is 5.92 Å². The van der Waals surface area contributed by atoms with Gasteiger partial charge in [0.2, 0.25) is 0 Å². The predicted octanol–water partition coefficient (Wildman–Crippen LogP) is 2.36. The first kappa shape index (κ1) is 14.0. The third-order valence-corrected chi connectivity index (χ3v) is 2.98. The lowest BCUT2D eigenvalue weighted by Crippen LogP contribution is -2.38. The van der Waals surface area contributed by atoms with Crippen molar-refractivity contribution in [1.29, 1.82) is 0 Å². The number of aromatic amines is 1. The molecular formula is C12H19ClN2O2. The van der Waals surface area contributed by atoms with E-state index in [4.69, 9.17) is 11.6 Å². The van der Waals surface area contributed by atoms with Gasteiger partial charge in [-0.05, 0) is 18.3 Å². The summed E-state index contributed by atoms with van der Waals surface area (Å²) in [7, 11) is 0. The summed E-state index contributed by atoms with van der Waals surface area (Å²) in [5, 5.41) is 0.163. The van der Waals surface area contributed by atoms with Crippen molar-refractivity contribution >= 4 is 11.6 Å². The lowest BCUT2D eigenvalue weighted by molar-refractivity contribution is 0.490. The van der Waals surface area contributed by atoms with Gasteiger partial charge in [-0.3, -0.25) is 14.3 Å². The zero-order chi connectivity index (χ0) is 13.2. The van der Waals surface area contributed by atoms with E-state index in [0.717, 1.165) is 6.42 Å². The van der Waals surface area contributed by atoms with Gasteiger partial charge in [-0.15, -0.1) is 0 Å². The van der Waals surface area contributed by atoms with Gasteiger partial charge < -0.3 is 0 Å². The predicted molar refractivity (Wildman–Crippen MR) is 69.9 cm³/mol. The minimum Gasteiger partial charge on any atom is -0.297 e. The molecule has 0 aliphatic carbocycles. The van der Waals surface area contributed by atoms with E-state index >= 15 is 0 Å². The molecule has 0 bridgehead atoms. The van der Waals surface area contributed by atoms with Crippen LogP contribution in [0.4, 0.5) is 0 Å². The molecule has 17 heavy (non-hydrogen) atoms. The second kappa shape index (κ2) is 5.54. The molecule has 0 fully saturated rings. The average Bonchev–Trinajstić information content (AvgIpc) is 2.14. The molecule has 0 saturated heterocycles. The molecule has 1 aromatic rings. The van der Waals surface area contributed by atoms with E-state index in [2.05, 4.69) is 18.8 Å². The minimum atomic E-state index is -0.426. The number of nitrogens with zero attached hydrogens (tertiary/aromatic N) is 1. The van der Waals surface area contributed by atoms with E-state index in [-0.39, 0.29) is 16.6 Å². The van der Waals surface area contributed by atoms with Crippen molar-refractivity contribution in [2.45, 2.75) is 46.6 Å². The molecule has 4 nitrogen and oxygen atoms in total. The molecule has 0 saturated carbocycles. The Morgan fingerprint density at radius 3 is 2.29 bits per heavy atom. The number of hydrogen-bond acceptors (Lipinski definition) is 2. The van der Waals surface area contributed by atoms with Crippen LogP contribution in [-0.4, -0.2) is 9.55 Å². The third kappa shape index (κ3) is 3.22.